The fourth-order valence-corrected chi connectivity index (χ4v) is 1.34. The summed E-state index contributed by atoms with van der Waals surface area (Å²) in [5.41, 5.74) is 0.821. The summed E-state index contributed by atoms with van der Waals surface area (Å²) in [6, 6.07) is 0. The molecule has 0 amide bonds. The smallest absolute Gasteiger partial charge is 0.315 e. The molecule has 0 aliphatic carbocycles. The van der Waals surface area contributed by atoms with E-state index in [1.54, 1.807) is 0 Å². The van der Waals surface area contributed by atoms with Crippen molar-refractivity contribution < 1.29 is 9.90 Å². The average molecular weight is 237 g/mol. The van der Waals surface area contributed by atoms with Gasteiger partial charge in [0.25, 0.3) is 0 Å². The van der Waals surface area contributed by atoms with Gasteiger partial charge in [-0.1, -0.05) is 17.5 Å². The number of halogens is 1. The molecular formula is C9H5ClN4O2. The molecule has 0 aliphatic rings. The molecule has 0 saturated heterocycles. The predicted octanol–water partition coefficient (Wildman–Crippen LogP) is 0.832. The number of H-pyrrole nitrogens is 1. The zero-order valence-electron chi connectivity index (χ0n) is 7.86. The van der Waals surface area contributed by atoms with Crippen molar-refractivity contribution in [2.45, 2.75) is 6.42 Å². The number of hydrogen-bond acceptors (Lipinski definition) is 4. The molecular weight excluding hydrogens is 232 g/mol. The third-order valence-corrected chi connectivity index (χ3v) is 2.04. The van der Waals surface area contributed by atoms with Gasteiger partial charge in [0, 0.05) is 0 Å². The normalized spacial score (nSPS) is 9.81. The summed E-state index contributed by atoms with van der Waals surface area (Å²) < 4.78 is 0. The minimum atomic E-state index is -0.987. The van der Waals surface area contributed by atoms with Gasteiger partial charge >= 0.3 is 5.97 Å². The molecule has 0 unspecified atom stereocenters. The van der Waals surface area contributed by atoms with Gasteiger partial charge in [-0.2, -0.15) is 5.10 Å². The number of aromatic amines is 1. The molecule has 2 rings (SSSR count). The number of nitrogens with one attached hydrogen (secondary N) is 1. The highest BCUT2D eigenvalue weighted by Crippen LogP contribution is 2.19. The molecule has 6 nitrogen and oxygen atoms in total. The first kappa shape index (κ1) is 10.4. The van der Waals surface area contributed by atoms with Crippen LogP contribution in [0, 0.1) is 11.8 Å². The summed E-state index contributed by atoms with van der Waals surface area (Å²) in [5, 5.41) is 15.7. The molecule has 7 heteroatoms. The average Bonchev–Trinajstić information content (AvgIpc) is 2.62. The van der Waals surface area contributed by atoms with E-state index in [0.29, 0.717) is 16.7 Å². The van der Waals surface area contributed by atoms with Crippen molar-refractivity contribution in [3.05, 3.63) is 17.2 Å². The first-order valence-electron chi connectivity index (χ1n) is 4.23. The molecule has 2 heterocycles. The summed E-state index contributed by atoms with van der Waals surface area (Å²) >= 11 is 5.85. The Balaban J connectivity index is 2.44. The minimum absolute atomic E-state index is 0.235. The van der Waals surface area contributed by atoms with E-state index in [9.17, 15) is 4.79 Å². The number of hydrogen-bond donors (Lipinski definition) is 2. The molecule has 0 spiro atoms. The Bertz CT molecular complexity index is 611. The van der Waals surface area contributed by atoms with E-state index in [1.807, 2.05) is 0 Å². The molecule has 0 aliphatic heterocycles. The van der Waals surface area contributed by atoms with Crippen molar-refractivity contribution in [1.82, 2.24) is 20.2 Å². The lowest BCUT2D eigenvalue weighted by Gasteiger charge is -1.89. The third kappa shape index (κ3) is 1.94. The van der Waals surface area contributed by atoms with Crippen LogP contribution in [-0.4, -0.2) is 31.2 Å². The van der Waals surface area contributed by atoms with Crippen LogP contribution in [0.5, 0.6) is 0 Å². The van der Waals surface area contributed by atoms with Crippen molar-refractivity contribution >= 4 is 28.6 Å². The lowest BCUT2D eigenvalue weighted by molar-refractivity contribution is -0.135. The standard InChI is InChI=1S/C9H5ClN4O2/c10-8-7-5(2-1-3-6(15)16)13-14-9(7)12-4-11-8/h4H,3H2,(H,15,16)(H,11,12,13,14). The van der Waals surface area contributed by atoms with Gasteiger partial charge in [-0.3, -0.25) is 9.89 Å². The van der Waals surface area contributed by atoms with Gasteiger partial charge in [-0.15, -0.1) is 0 Å². The van der Waals surface area contributed by atoms with Crippen LogP contribution >= 0.6 is 11.6 Å². The Labute approximate surface area is 94.7 Å². The van der Waals surface area contributed by atoms with Crippen LogP contribution in [0.2, 0.25) is 5.15 Å². The van der Waals surface area contributed by atoms with E-state index in [2.05, 4.69) is 32.0 Å². The molecule has 2 N–H and O–H groups in total. The topological polar surface area (TPSA) is 91.8 Å². The van der Waals surface area contributed by atoms with Gasteiger partial charge in [0.05, 0.1) is 5.39 Å². The van der Waals surface area contributed by atoms with Crippen molar-refractivity contribution in [2.75, 3.05) is 0 Å². The fraction of sp³-hybridized carbons (Fsp3) is 0.111. The summed E-state index contributed by atoms with van der Waals surface area (Å²) in [6.07, 6.45) is 1.05. The van der Waals surface area contributed by atoms with Gasteiger partial charge in [0.15, 0.2) is 5.65 Å². The first-order chi connectivity index (χ1) is 7.68. The van der Waals surface area contributed by atoms with Crippen LogP contribution in [-0.2, 0) is 4.79 Å². The maximum absolute atomic E-state index is 10.3. The van der Waals surface area contributed by atoms with Crippen molar-refractivity contribution in [1.29, 1.82) is 0 Å². The number of fused-ring (bicyclic) bond motifs is 1. The molecule has 0 bridgehead atoms. The summed E-state index contributed by atoms with van der Waals surface area (Å²) in [7, 11) is 0. The monoisotopic (exact) mass is 236 g/mol. The maximum atomic E-state index is 10.3. The predicted molar refractivity (Wildman–Crippen MR) is 55.8 cm³/mol. The number of rotatable bonds is 1. The van der Waals surface area contributed by atoms with E-state index in [4.69, 9.17) is 16.7 Å². The summed E-state index contributed by atoms with van der Waals surface area (Å²) in [5.74, 6) is 4.11. The molecule has 0 atom stereocenters. The zero-order chi connectivity index (χ0) is 11.5. The van der Waals surface area contributed by atoms with E-state index in [0.717, 1.165) is 0 Å². The number of carboxylic acids is 1. The quantitative estimate of drug-likeness (QED) is 0.565. The largest absolute Gasteiger partial charge is 0.481 e. The fourth-order valence-electron chi connectivity index (χ4n) is 1.12. The third-order valence-electron chi connectivity index (χ3n) is 1.76. The Kier molecular flexibility index (Phi) is 2.70. The Hall–Kier alpha value is -2.13. The first-order valence-corrected chi connectivity index (χ1v) is 4.61. The highest BCUT2D eigenvalue weighted by atomic mass is 35.5. The highest BCUT2D eigenvalue weighted by Gasteiger charge is 2.08. The molecule has 0 radical (unpaired) electrons. The van der Waals surface area contributed by atoms with E-state index in [1.165, 1.54) is 6.33 Å². The van der Waals surface area contributed by atoms with E-state index in [-0.39, 0.29) is 11.6 Å². The molecule has 0 saturated carbocycles. The number of nitrogens with zero attached hydrogens (tertiary/aromatic N) is 3. The van der Waals surface area contributed by atoms with E-state index >= 15 is 0 Å². The van der Waals surface area contributed by atoms with Crippen LogP contribution in [0.15, 0.2) is 6.33 Å². The Morgan fingerprint density at radius 1 is 1.56 bits per heavy atom. The van der Waals surface area contributed by atoms with Crippen LogP contribution in [0.1, 0.15) is 12.1 Å². The number of aliphatic carboxylic acids is 1. The number of carbonyl (C=O) groups is 1. The second-order valence-electron chi connectivity index (χ2n) is 2.83. The lowest BCUT2D eigenvalue weighted by Crippen LogP contribution is -1.90. The zero-order valence-corrected chi connectivity index (χ0v) is 8.62. The van der Waals surface area contributed by atoms with Gasteiger partial charge in [0.2, 0.25) is 0 Å². The highest BCUT2D eigenvalue weighted by molar-refractivity contribution is 6.34. The van der Waals surface area contributed by atoms with Gasteiger partial charge in [0.1, 0.15) is 23.6 Å². The SMILES string of the molecule is O=C(O)CC#Cc1[nH]nc2ncnc(Cl)c12. The summed E-state index contributed by atoms with van der Waals surface area (Å²) in [6.45, 7) is 0. The van der Waals surface area contributed by atoms with Crippen LogP contribution in [0.3, 0.4) is 0 Å². The number of aromatic nitrogens is 4. The second-order valence-corrected chi connectivity index (χ2v) is 3.19. The van der Waals surface area contributed by atoms with Crippen LogP contribution < -0.4 is 0 Å². The van der Waals surface area contributed by atoms with Crippen molar-refractivity contribution in [3.8, 4) is 11.8 Å². The van der Waals surface area contributed by atoms with E-state index < -0.39 is 5.97 Å². The maximum Gasteiger partial charge on any atom is 0.315 e. The van der Waals surface area contributed by atoms with Crippen LogP contribution in [0.4, 0.5) is 0 Å². The Morgan fingerprint density at radius 3 is 3.12 bits per heavy atom. The second kappa shape index (κ2) is 4.16. The molecule has 0 aromatic carbocycles. The minimum Gasteiger partial charge on any atom is -0.481 e. The lowest BCUT2D eigenvalue weighted by atomic mass is 10.3. The van der Waals surface area contributed by atoms with Gasteiger partial charge in [-0.05, 0) is 5.92 Å². The molecule has 2 aromatic heterocycles. The molecule has 2 aromatic rings. The molecule has 80 valence electrons. The van der Waals surface area contributed by atoms with Crippen molar-refractivity contribution in [2.24, 2.45) is 0 Å². The van der Waals surface area contributed by atoms with Gasteiger partial charge in [-0.25, -0.2) is 9.97 Å². The van der Waals surface area contributed by atoms with Crippen LogP contribution in [0.25, 0.3) is 11.0 Å². The molecule has 0 fully saturated rings. The van der Waals surface area contributed by atoms with Gasteiger partial charge < -0.3 is 5.11 Å². The molecule has 16 heavy (non-hydrogen) atoms. The number of carboxylic acid groups (broad SMARTS) is 1. The Morgan fingerprint density at radius 2 is 2.38 bits per heavy atom. The summed E-state index contributed by atoms with van der Waals surface area (Å²) in [4.78, 5) is 18.0. The van der Waals surface area contributed by atoms with Crippen molar-refractivity contribution in [3.63, 3.8) is 0 Å².